The lowest BCUT2D eigenvalue weighted by Crippen LogP contribution is -2.30. The van der Waals surface area contributed by atoms with E-state index in [1.807, 2.05) is 17.5 Å². The van der Waals surface area contributed by atoms with E-state index in [0.29, 0.717) is 17.5 Å². The first-order chi connectivity index (χ1) is 11.0. The maximum absolute atomic E-state index is 11.8. The second kappa shape index (κ2) is 5.82. The molecule has 0 unspecified atom stereocenters. The smallest absolute Gasteiger partial charge is 0.225 e. The van der Waals surface area contributed by atoms with Gasteiger partial charge in [-0.3, -0.25) is 9.69 Å². The maximum atomic E-state index is 11.8. The third-order valence-electron chi connectivity index (χ3n) is 3.69. The third kappa shape index (κ3) is 2.81. The molecule has 0 N–H and O–H groups in total. The average molecular weight is 326 g/mol. The molecule has 1 saturated carbocycles. The van der Waals surface area contributed by atoms with Gasteiger partial charge in [-0.05, 0) is 19.8 Å². The van der Waals surface area contributed by atoms with Crippen molar-refractivity contribution in [1.29, 1.82) is 10.5 Å². The lowest BCUT2D eigenvalue weighted by molar-refractivity contribution is -0.116. The van der Waals surface area contributed by atoms with Gasteiger partial charge in [0, 0.05) is 18.3 Å². The van der Waals surface area contributed by atoms with Gasteiger partial charge in [-0.2, -0.15) is 10.5 Å². The van der Waals surface area contributed by atoms with Crippen LogP contribution in [0.15, 0.2) is 5.38 Å². The number of aromatic nitrogens is 3. The highest BCUT2D eigenvalue weighted by Crippen LogP contribution is 2.33. The van der Waals surface area contributed by atoms with Crippen molar-refractivity contribution in [1.82, 2.24) is 14.5 Å². The van der Waals surface area contributed by atoms with E-state index in [0.717, 1.165) is 18.5 Å². The fourth-order valence-corrected chi connectivity index (χ4v) is 3.40. The monoisotopic (exact) mass is 326 g/mol. The first-order valence-electron chi connectivity index (χ1n) is 7.16. The van der Waals surface area contributed by atoms with E-state index in [-0.39, 0.29) is 23.3 Å². The average Bonchev–Trinajstić information content (AvgIpc) is 3.15. The molecule has 2 aromatic heterocycles. The molecule has 0 aromatic carbocycles. The Labute approximate surface area is 137 Å². The van der Waals surface area contributed by atoms with Gasteiger partial charge in [0.25, 0.3) is 0 Å². The van der Waals surface area contributed by atoms with Crippen molar-refractivity contribution in [3.05, 3.63) is 28.3 Å². The van der Waals surface area contributed by atoms with E-state index >= 15 is 0 Å². The lowest BCUT2D eigenvalue weighted by atomic mass is 10.3. The fourth-order valence-electron chi connectivity index (χ4n) is 2.47. The number of carbonyl (C=O) groups excluding carboxylic acids is 1. The summed E-state index contributed by atoms with van der Waals surface area (Å²) in [6.45, 7) is 3.66. The Balaban J connectivity index is 1.88. The topological polar surface area (TPSA) is 98.6 Å². The van der Waals surface area contributed by atoms with Crippen molar-refractivity contribution < 1.29 is 4.79 Å². The number of rotatable bonds is 4. The number of hydrogen-bond acceptors (Lipinski definition) is 6. The van der Waals surface area contributed by atoms with E-state index in [4.69, 9.17) is 5.26 Å². The number of anilines is 1. The molecule has 1 fully saturated rings. The minimum Gasteiger partial charge on any atom is -0.313 e. The summed E-state index contributed by atoms with van der Waals surface area (Å²) in [6, 6.07) is 4.22. The molecule has 1 amide bonds. The normalized spacial score (nSPS) is 13.4. The minimum atomic E-state index is -0.00306. The van der Waals surface area contributed by atoms with Crippen LogP contribution < -0.4 is 4.90 Å². The lowest BCUT2D eigenvalue weighted by Gasteiger charge is -2.16. The predicted octanol–water partition coefficient (Wildman–Crippen LogP) is 1.95. The number of nitrogens with zero attached hydrogens (tertiary/aromatic N) is 6. The van der Waals surface area contributed by atoms with Gasteiger partial charge in [0.1, 0.15) is 18.0 Å². The number of thiazole rings is 1. The molecule has 3 rings (SSSR count). The molecule has 116 valence electrons. The highest BCUT2D eigenvalue weighted by molar-refractivity contribution is 7.14. The summed E-state index contributed by atoms with van der Waals surface area (Å²) in [5, 5.41) is 20.8. The summed E-state index contributed by atoms with van der Waals surface area (Å²) in [7, 11) is 0. The Hall–Kier alpha value is -2.71. The van der Waals surface area contributed by atoms with Crippen molar-refractivity contribution in [2.45, 2.75) is 39.3 Å². The molecule has 1 aliphatic carbocycles. The number of aryl methyl sites for hydroxylation is 1. The standard InChI is InChI=1S/C15H14N6OS/c1-9-18-13(5-16)14(6-17)20(9)7-11-8-23-15(19-11)21(10(2)22)12-3-4-12/h8,12H,3-4,7H2,1-2H3. The third-order valence-corrected chi connectivity index (χ3v) is 4.58. The van der Waals surface area contributed by atoms with Crippen LogP contribution in [-0.2, 0) is 11.3 Å². The van der Waals surface area contributed by atoms with Crippen LogP contribution in [0.4, 0.5) is 5.13 Å². The summed E-state index contributed by atoms with van der Waals surface area (Å²) in [5.41, 5.74) is 1.12. The van der Waals surface area contributed by atoms with Crippen LogP contribution in [0.3, 0.4) is 0 Å². The van der Waals surface area contributed by atoms with E-state index in [1.54, 1.807) is 23.3 Å². The van der Waals surface area contributed by atoms with Crippen molar-refractivity contribution in [3.63, 3.8) is 0 Å². The first-order valence-corrected chi connectivity index (χ1v) is 8.04. The molecule has 7 nitrogen and oxygen atoms in total. The molecule has 2 aromatic rings. The summed E-state index contributed by atoms with van der Waals surface area (Å²) in [5.74, 6) is 0.593. The quantitative estimate of drug-likeness (QED) is 0.855. The zero-order chi connectivity index (χ0) is 16.6. The predicted molar refractivity (Wildman–Crippen MR) is 83.8 cm³/mol. The van der Waals surface area contributed by atoms with Crippen LogP contribution in [0.5, 0.6) is 0 Å². The molecule has 0 spiro atoms. The Morgan fingerprint density at radius 3 is 2.74 bits per heavy atom. The van der Waals surface area contributed by atoms with Crippen molar-refractivity contribution in [2.75, 3.05) is 4.90 Å². The van der Waals surface area contributed by atoms with Gasteiger partial charge in [-0.15, -0.1) is 11.3 Å². The van der Waals surface area contributed by atoms with E-state index in [2.05, 4.69) is 9.97 Å². The maximum Gasteiger partial charge on any atom is 0.225 e. The second-order valence-corrected chi connectivity index (χ2v) is 6.24. The molecule has 8 heteroatoms. The second-order valence-electron chi connectivity index (χ2n) is 5.41. The highest BCUT2D eigenvalue weighted by atomic mass is 32.1. The molecule has 0 aliphatic heterocycles. The zero-order valence-electron chi connectivity index (χ0n) is 12.8. The van der Waals surface area contributed by atoms with Gasteiger partial charge in [0.15, 0.2) is 16.5 Å². The molecule has 1 aliphatic rings. The van der Waals surface area contributed by atoms with Crippen LogP contribution in [-0.4, -0.2) is 26.5 Å². The number of amides is 1. The molecule has 23 heavy (non-hydrogen) atoms. The Bertz CT molecular complexity index is 848. The van der Waals surface area contributed by atoms with Crippen LogP contribution in [0.25, 0.3) is 0 Å². The molecule has 0 atom stereocenters. The molecule has 0 saturated heterocycles. The summed E-state index contributed by atoms with van der Waals surface area (Å²) in [6.07, 6.45) is 2.03. The van der Waals surface area contributed by atoms with Crippen LogP contribution in [0, 0.1) is 29.6 Å². The Morgan fingerprint density at radius 2 is 2.17 bits per heavy atom. The summed E-state index contributed by atoms with van der Waals surface area (Å²) < 4.78 is 1.67. The summed E-state index contributed by atoms with van der Waals surface area (Å²) in [4.78, 5) is 22.1. The van der Waals surface area contributed by atoms with Crippen molar-refractivity contribution in [3.8, 4) is 12.1 Å². The molecule has 0 radical (unpaired) electrons. The molecule has 2 heterocycles. The molecular weight excluding hydrogens is 312 g/mol. The Morgan fingerprint density at radius 1 is 1.43 bits per heavy atom. The van der Waals surface area contributed by atoms with E-state index < -0.39 is 0 Å². The van der Waals surface area contributed by atoms with Crippen LogP contribution in [0.1, 0.15) is 42.7 Å². The van der Waals surface area contributed by atoms with Gasteiger partial charge in [-0.25, -0.2) is 9.97 Å². The Kier molecular flexibility index (Phi) is 3.85. The van der Waals surface area contributed by atoms with Gasteiger partial charge in [-0.1, -0.05) is 0 Å². The SMILES string of the molecule is CC(=O)N(c1nc(Cn2c(C)nc(C#N)c2C#N)cs1)C1CC1. The van der Waals surface area contributed by atoms with Crippen molar-refractivity contribution >= 4 is 22.4 Å². The number of nitriles is 2. The van der Waals surface area contributed by atoms with Gasteiger partial charge >= 0.3 is 0 Å². The fraction of sp³-hybridized carbons (Fsp3) is 0.400. The first kappa shape index (κ1) is 15.2. The number of imidazole rings is 1. The molecular formula is C15H14N6OS. The van der Waals surface area contributed by atoms with Gasteiger partial charge in [0.2, 0.25) is 5.91 Å². The van der Waals surface area contributed by atoms with E-state index in [1.165, 1.54) is 11.3 Å². The van der Waals surface area contributed by atoms with Crippen LogP contribution in [0.2, 0.25) is 0 Å². The largest absolute Gasteiger partial charge is 0.313 e. The zero-order valence-corrected chi connectivity index (χ0v) is 13.6. The highest BCUT2D eigenvalue weighted by Gasteiger charge is 2.33. The molecule has 0 bridgehead atoms. The van der Waals surface area contributed by atoms with Crippen molar-refractivity contribution in [2.24, 2.45) is 0 Å². The summed E-state index contributed by atoms with van der Waals surface area (Å²) >= 11 is 1.42. The minimum absolute atomic E-state index is 0.00306. The van der Waals surface area contributed by atoms with Gasteiger partial charge in [0.05, 0.1) is 12.2 Å². The van der Waals surface area contributed by atoms with Crippen LogP contribution >= 0.6 is 11.3 Å². The van der Waals surface area contributed by atoms with Gasteiger partial charge < -0.3 is 4.57 Å². The number of hydrogen-bond donors (Lipinski definition) is 0. The van der Waals surface area contributed by atoms with E-state index in [9.17, 15) is 10.1 Å². The number of carbonyl (C=O) groups is 1.